The fraction of sp³-hybridized carbons (Fsp3) is 0.286. The number of hydrogen-bond donors (Lipinski definition) is 0. The third kappa shape index (κ3) is 3.49. The summed E-state index contributed by atoms with van der Waals surface area (Å²) in [5.41, 5.74) is 1.30. The molecular weight excluding hydrogens is 390 g/mol. The van der Waals surface area contributed by atoms with Crippen LogP contribution in [0.1, 0.15) is 30.1 Å². The number of ketones is 1. The highest BCUT2D eigenvalue weighted by Crippen LogP contribution is 2.27. The molecule has 0 bridgehead atoms. The number of carbonyl (C=O) groups is 2. The predicted octanol–water partition coefficient (Wildman–Crippen LogP) is 2.69. The number of Topliss-reactive ketones (excluding diaryl/α,β-unsaturated/α-hetero) is 1. The average molecular weight is 411 g/mol. The van der Waals surface area contributed by atoms with Crippen molar-refractivity contribution < 1.29 is 18.0 Å². The van der Waals surface area contributed by atoms with E-state index < -0.39 is 21.8 Å². The van der Waals surface area contributed by atoms with Crippen LogP contribution in [-0.4, -0.2) is 43.2 Å². The molecule has 1 atom stereocenters. The number of sulfonamides is 1. The van der Waals surface area contributed by atoms with Gasteiger partial charge in [0, 0.05) is 18.7 Å². The van der Waals surface area contributed by atoms with Gasteiger partial charge in [-0.3, -0.25) is 9.59 Å². The highest BCUT2D eigenvalue weighted by atomic mass is 32.2. The van der Waals surface area contributed by atoms with Crippen molar-refractivity contribution in [1.29, 1.82) is 0 Å². The number of para-hydroxylation sites is 1. The third-order valence-electron chi connectivity index (χ3n) is 5.24. The minimum absolute atomic E-state index is 0.157. The standard InChI is InChI=1S/C21H21N3O4S/c1-15-19(21(26)24(22-15)17-7-3-2-4-8-17)20(25)16-9-11-18(12-10-16)29(27,28)23-13-5-6-14-23/h2-4,7-12,19H,5-6,13-14H2,1H3/t19-/m0/s1. The van der Waals surface area contributed by atoms with E-state index in [1.807, 2.05) is 6.07 Å². The molecule has 1 saturated heterocycles. The number of benzene rings is 2. The van der Waals surface area contributed by atoms with Crippen molar-refractivity contribution in [1.82, 2.24) is 4.31 Å². The SMILES string of the molecule is CC1=NN(c2ccccc2)C(=O)[C@@H]1C(=O)c1ccc(S(=O)(=O)N2CCCC2)cc1. The van der Waals surface area contributed by atoms with Crippen LogP contribution < -0.4 is 5.01 Å². The molecule has 29 heavy (non-hydrogen) atoms. The molecule has 150 valence electrons. The number of carbonyl (C=O) groups excluding carboxylic acids is 2. The molecule has 0 saturated carbocycles. The molecule has 1 amide bonds. The van der Waals surface area contributed by atoms with Crippen LogP contribution in [0.25, 0.3) is 0 Å². The zero-order valence-electron chi connectivity index (χ0n) is 16.0. The van der Waals surface area contributed by atoms with Gasteiger partial charge < -0.3 is 0 Å². The minimum Gasteiger partial charge on any atom is -0.293 e. The first-order valence-corrected chi connectivity index (χ1v) is 10.9. The van der Waals surface area contributed by atoms with Crippen molar-refractivity contribution in [2.45, 2.75) is 24.7 Å². The molecule has 0 spiro atoms. The average Bonchev–Trinajstić information content (AvgIpc) is 3.37. The topological polar surface area (TPSA) is 87.1 Å². The Hall–Kier alpha value is -2.84. The Morgan fingerprint density at radius 1 is 1.00 bits per heavy atom. The van der Waals surface area contributed by atoms with Crippen molar-refractivity contribution in [3.05, 3.63) is 60.2 Å². The lowest BCUT2D eigenvalue weighted by atomic mass is 9.94. The van der Waals surface area contributed by atoms with E-state index in [9.17, 15) is 18.0 Å². The Morgan fingerprint density at radius 2 is 1.62 bits per heavy atom. The van der Waals surface area contributed by atoms with Crippen molar-refractivity contribution in [2.24, 2.45) is 11.0 Å². The van der Waals surface area contributed by atoms with E-state index in [2.05, 4.69) is 5.10 Å². The molecule has 2 aliphatic heterocycles. The molecule has 1 fully saturated rings. The second-order valence-electron chi connectivity index (χ2n) is 7.16. The lowest BCUT2D eigenvalue weighted by molar-refractivity contribution is -0.118. The first-order chi connectivity index (χ1) is 13.9. The normalized spacial score (nSPS) is 20.2. The van der Waals surface area contributed by atoms with Crippen molar-refractivity contribution in [3.8, 4) is 0 Å². The minimum atomic E-state index is -3.54. The van der Waals surface area contributed by atoms with Crippen LogP contribution in [0.2, 0.25) is 0 Å². The number of hydrazone groups is 1. The molecule has 7 nitrogen and oxygen atoms in total. The monoisotopic (exact) mass is 411 g/mol. The van der Waals surface area contributed by atoms with E-state index in [-0.39, 0.29) is 16.2 Å². The molecule has 2 heterocycles. The van der Waals surface area contributed by atoms with Gasteiger partial charge in [-0.15, -0.1) is 0 Å². The van der Waals surface area contributed by atoms with Gasteiger partial charge >= 0.3 is 0 Å². The fourth-order valence-corrected chi connectivity index (χ4v) is 5.17. The quantitative estimate of drug-likeness (QED) is 0.559. The van der Waals surface area contributed by atoms with E-state index in [4.69, 9.17) is 0 Å². The smallest absolute Gasteiger partial charge is 0.264 e. The van der Waals surface area contributed by atoms with Crippen molar-refractivity contribution >= 4 is 33.1 Å². The summed E-state index contributed by atoms with van der Waals surface area (Å²) < 4.78 is 26.7. The molecule has 8 heteroatoms. The largest absolute Gasteiger partial charge is 0.293 e. The van der Waals surface area contributed by atoms with Gasteiger partial charge in [0.2, 0.25) is 10.0 Å². The van der Waals surface area contributed by atoms with Crippen molar-refractivity contribution in [2.75, 3.05) is 18.1 Å². The second kappa shape index (κ2) is 7.53. The van der Waals surface area contributed by atoms with Gasteiger partial charge in [0.05, 0.1) is 16.3 Å². The Labute approximate surface area is 169 Å². The molecule has 0 aliphatic carbocycles. The zero-order chi connectivity index (χ0) is 20.6. The molecule has 2 aromatic carbocycles. The molecular formula is C21H21N3O4S. The molecule has 0 N–H and O–H groups in total. The van der Waals surface area contributed by atoms with Crippen LogP contribution in [0.15, 0.2) is 64.6 Å². The molecule has 2 aliphatic rings. The lowest BCUT2D eigenvalue weighted by Gasteiger charge is -2.16. The molecule has 2 aromatic rings. The predicted molar refractivity (Wildman–Crippen MR) is 109 cm³/mol. The second-order valence-corrected chi connectivity index (χ2v) is 9.10. The summed E-state index contributed by atoms with van der Waals surface area (Å²) >= 11 is 0. The number of anilines is 1. The summed E-state index contributed by atoms with van der Waals surface area (Å²) in [4.78, 5) is 26.0. The van der Waals surface area contributed by atoms with Crippen LogP contribution in [-0.2, 0) is 14.8 Å². The highest BCUT2D eigenvalue weighted by molar-refractivity contribution is 7.89. The van der Waals surface area contributed by atoms with Gasteiger partial charge in [-0.2, -0.15) is 14.4 Å². The summed E-state index contributed by atoms with van der Waals surface area (Å²) in [7, 11) is -3.54. The third-order valence-corrected chi connectivity index (χ3v) is 7.15. The fourth-order valence-electron chi connectivity index (χ4n) is 3.66. The summed E-state index contributed by atoms with van der Waals surface area (Å²) in [5, 5.41) is 5.49. The van der Waals surface area contributed by atoms with Crippen molar-refractivity contribution in [3.63, 3.8) is 0 Å². The summed E-state index contributed by atoms with van der Waals surface area (Å²) in [6.07, 6.45) is 1.71. The Balaban J connectivity index is 1.56. The number of nitrogens with zero attached hydrogens (tertiary/aromatic N) is 3. The Morgan fingerprint density at radius 3 is 2.24 bits per heavy atom. The van der Waals surface area contributed by atoms with Crippen LogP contribution in [0.3, 0.4) is 0 Å². The van der Waals surface area contributed by atoms with E-state index in [0.29, 0.717) is 24.5 Å². The van der Waals surface area contributed by atoms with Gasteiger partial charge in [-0.25, -0.2) is 8.42 Å². The van der Waals surface area contributed by atoms with Crippen LogP contribution in [0.4, 0.5) is 5.69 Å². The zero-order valence-corrected chi connectivity index (χ0v) is 16.8. The maximum absolute atomic E-state index is 13.0. The number of hydrogen-bond acceptors (Lipinski definition) is 5. The maximum atomic E-state index is 13.0. The summed E-state index contributed by atoms with van der Waals surface area (Å²) in [5.74, 6) is -1.80. The Bertz CT molecular complexity index is 1070. The molecule has 0 unspecified atom stereocenters. The Kier molecular flexibility index (Phi) is 5.06. The van der Waals surface area contributed by atoms with E-state index in [0.717, 1.165) is 12.8 Å². The molecule has 0 radical (unpaired) electrons. The summed E-state index contributed by atoms with van der Waals surface area (Å²) in [6.45, 7) is 2.69. The van der Waals surface area contributed by atoms with Gasteiger partial charge in [0.1, 0.15) is 5.92 Å². The summed E-state index contributed by atoms with van der Waals surface area (Å²) in [6, 6.07) is 14.7. The molecule has 0 aromatic heterocycles. The first kappa shape index (κ1) is 19.5. The van der Waals surface area contributed by atoms with Crippen LogP contribution in [0.5, 0.6) is 0 Å². The van der Waals surface area contributed by atoms with Gasteiger partial charge in [0.15, 0.2) is 5.78 Å². The number of amides is 1. The highest BCUT2D eigenvalue weighted by Gasteiger charge is 2.40. The number of rotatable bonds is 5. The van der Waals surface area contributed by atoms with Gasteiger partial charge in [0.25, 0.3) is 5.91 Å². The first-order valence-electron chi connectivity index (χ1n) is 9.48. The maximum Gasteiger partial charge on any atom is 0.264 e. The lowest BCUT2D eigenvalue weighted by Crippen LogP contribution is -2.32. The van der Waals surface area contributed by atoms with Crippen LogP contribution >= 0.6 is 0 Å². The van der Waals surface area contributed by atoms with E-state index in [1.165, 1.54) is 33.6 Å². The van der Waals surface area contributed by atoms with E-state index in [1.54, 1.807) is 31.2 Å². The van der Waals surface area contributed by atoms with Gasteiger partial charge in [-0.1, -0.05) is 30.3 Å². The van der Waals surface area contributed by atoms with E-state index >= 15 is 0 Å². The van der Waals surface area contributed by atoms with Crippen LogP contribution in [0, 0.1) is 5.92 Å². The molecule has 4 rings (SSSR count). The van der Waals surface area contributed by atoms with Gasteiger partial charge in [-0.05, 0) is 44.0 Å².